The first-order valence-corrected chi connectivity index (χ1v) is 13.8. The van der Waals surface area contributed by atoms with Crippen molar-refractivity contribution in [2.75, 3.05) is 37.3 Å². The number of anilines is 2. The molecule has 1 fully saturated rings. The first-order chi connectivity index (χ1) is 19.4. The molecule has 2 aromatic rings. The van der Waals surface area contributed by atoms with Gasteiger partial charge in [0.05, 0.1) is 27.5 Å². The second kappa shape index (κ2) is 13.1. The molecule has 1 aromatic heterocycles. The van der Waals surface area contributed by atoms with Gasteiger partial charge in [0.15, 0.2) is 5.82 Å². The van der Waals surface area contributed by atoms with E-state index in [0.717, 1.165) is 5.57 Å². The Bertz CT molecular complexity index is 1410. The smallest absolute Gasteiger partial charge is 0.246 e. The molecule has 0 aliphatic carbocycles. The summed E-state index contributed by atoms with van der Waals surface area (Å²) < 4.78 is 15.1. The number of pyridine rings is 1. The van der Waals surface area contributed by atoms with Gasteiger partial charge in [-0.05, 0) is 62.1 Å². The van der Waals surface area contributed by atoms with Crippen molar-refractivity contribution in [2.24, 2.45) is 10.9 Å². The SMILES string of the molecule is C=CC(=O)N1CCN(/C(=N/C)c2cc(Cl)c(-c3c(N)cccc3F)nc2N(C=O)/C(C(=C)C)=C(/C)C(C)C)C[C@@H]1C. The van der Waals surface area contributed by atoms with Gasteiger partial charge in [0.25, 0.3) is 0 Å². The molecule has 1 aromatic carbocycles. The van der Waals surface area contributed by atoms with Crippen LogP contribution in [0.1, 0.15) is 40.2 Å². The van der Waals surface area contributed by atoms with Crippen LogP contribution < -0.4 is 10.6 Å². The highest BCUT2D eigenvalue weighted by molar-refractivity contribution is 6.34. The number of carbonyl (C=O) groups is 2. The largest absolute Gasteiger partial charge is 0.398 e. The van der Waals surface area contributed by atoms with Gasteiger partial charge in [-0.15, -0.1) is 0 Å². The molecule has 2 N–H and O–H groups in total. The fourth-order valence-electron chi connectivity index (χ4n) is 5.03. The first kappa shape index (κ1) is 31.5. The van der Waals surface area contributed by atoms with Gasteiger partial charge in [0.2, 0.25) is 12.3 Å². The molecule has 0 unspecified atom stereocenters. The lowest BCUT2D eigenvalue weighted by Crippen LogP contribution is -2.55. The topological polar surface area (TPSA) is 95.1 Å². The van der Waals surface area contributed by atoms with E-state index >= 15 is 4.39 Å². The number of benzene rings is 1. The summed E-state index contributed by atoms with van der Waals surface area (Å²) in [6.07, 6.45) is 1.97. The highest BCUT2D eigenvalue weighted by Crippen LogP contribution is 2.38. The highest BCUT2D eigenvalue weighted by atomic mass is 35.5. The van der Waals surface area contributed by atoms with Crippen LogP contribution in [0.25, 0.3) is 11.3 Å². The van der Waals surface area contributed by atoms with Gasteiger partial charge in [-0.2, -0.15) is 0 Å². The average Bonchev–Trinajstić information content (AvgIpc) is 2.92. The van der Waals surface area contributed by atoms with Crippen molar-refractivity contribution in [1.29, 1.82) is 0 Å². The van der Waals surface area contributed by atoms with Crippen LogP contribution in [0.4, 0.5) is 15.9 Å². The first-order valence-electron chi connectivity index (χ1n) is 13.4. The van der Waals surface area contributed by atoms with Crippen molar-refractivity contribution in [1.82, 2.24) is 14.8 Å². The predicted octanol–water partition coefficient (Wildman–Crippen LogP) is 5.69. The van der Waals surface area contributed by atoms with Gasteiger partial charge in [-0.25, -0.2) is 9.37 Å². The van der Waals surface area contributed by atoms with E-state index in [9.17, 15) is 9.59 Å². The number of aromatic nitrogens is 1. The van der Waals surface area contributed by atoms with E-state index in [0.29, 0.717) is 48.7 Å². The molecule has 1 saturated heterocycles. The predicted molar refractivity (Wildman–Crippen MR) is 165 cm³/mol. The zero-order chi connectivity index (χ0) is 30.6. The van der Waals surface area contributed by atoms with Crippen LogP contribution in [0.5, 0.6) is 0 Å². The van der Waals surface area contributed by atoms with Crippen molar-refractivity contribution >= 4 is 41.3 Å². The summed E-state index contributed by atoms with van der Waals surface area (Å²) in [7, 11) is 1.64. The normalized spacial score (nSPS) is 16.4. The Balaban J connectivity index is 2.32. The molecule has 1 aliphatic rings. The van der Waals surface area contributed by atoms with Crippen LogP contribution in [0, 0.1) is 11.7 Å². The van der Waals surface area contributed by atoms with Crippen molar-refractivity contribution in [2.45, 2.75) is 40.7 Å². The number of carbonyl (C=O) groups excluding carboxylic acids is 2. The molecule has 0 saturated carbocycles. The number of hydrogen-bond acceptors (Lipinski definition) is 5. The lowest BCUT2D eigenvalue weighted by atomic mass is 9.98. The monoisotopic (exact) mass is 580 g/mol. The van der Waals surface area contributed by atoms with Crippen molar-refractivity contribution in [3.63, 3.8) is 0 Å². The highest BCUT2D eigenvalue weighted by Gasteiger charge is 2.32. The fraction of sp³-hybridized carbons (Fsp3) is 0.355. The van der Waals surface area contributed by atoms with E-state index in [2.05, 4.69) is 18.2 Å². The second-order valence-corrected chi connectivity index (χ2v) is 10.8. The number of hydrogen-bond donors (Lipinski definition) is 1. The summed E-state index contributed by atoms with van der Waals surface area (Å²) in [5.74, 6) is 0.0909. The molecule has 10 heteroatoms. The van der Waals surface area contributed by atoms with Crippen LogP contribution in [0.15, 0.2) is 65.3 Å². The van der Waals surface area contributed by atoms with Crippen LogP contribution in [0.3, 0.4) is 0 Å². The Morgan fingerprint density at radius 2 is 2.00 bits per heavy atom. The molecule has 8 nitrogen and oxygen atoms in total. The van der Waals surface area contributed by atoms with Gasteiger partial charge in [-0.3, -0.25) is 19.5 Å². The summed E-state index contributed by atoms with van der Waals surface area (Å²) in [4.78, 5) is 39.8. The van der Waals surface area contributed by atoms with Gasteiger partial charge in [-0.1, -0.05) is 44.7 Å². The maximum absolute atomic E-state index is 15.1. The number of aliphatic imine (C=N–C) groups is 1. The van der Waals surface area contributed by atoms with Crippen LogP contribution in [-0.2, 0) is 9.59 Å². The number of rotatable bonds is 8. The lowest BCUT2D eigenvalue weighted by molar-refractivity contribution is -0.129. The van der Waals surface area contributed by atoms with Gasteiger partial charge in [0.1, 0.15) is 11.7 Å². The third-order valence-electron chi connectivity index (χ3n) is 7.29. The Labute approximate surface area is 246 Å². The zero-order valence-corrected chi connectivity index (χ0v) is 25.3. The number of piperazine rings is 1. The molecule has 0 radical (unpaired) electrons. The summed E-state index contributed by atoms with van der Waals surface area (Å²) in [5, 5.41) is 0.141. The third-order valence-corrected chi connectivity index (χ3v) is 7.58. The standard InChI is InChI=1S/C31H38ClFN6O2/c1-9-26(41)38-14-13-37(16-20(38)6)30(35-8)22-15-23(32)28(27-24(33)11-10-12-25(27)34)36-31(22)39(17-40)29(19(4)5)21(7)18(2)3/h9-12,15,17-18,20H,1,4,13-14,16,34H2,2-3,5-8H3/b29-21-,35-30+/t20-/m0/s1. The molecule has 218 valence electrons. The number of amides is 2. The third kappa shape index (κ3) is 6.35. The lowest BCUT2D eigenvalue weighted by Gasteiger charge is -2.41. The fourth-order valence-corrected chi connectivity index (χ4v) is 5.28. The zero-order valence-electron chi connectivity index (χ0n) is 24.5. The Morgan fingerprint density at radius 3 is 2.51 bits per heavy atom. The van der Waals surface area contributed by atoms with Gasteiger partial charge in [0, 0.05) is 38.4 Å². The average molecular weight is 581 g/mol. The van der Waals surface area contributed by atoms with E-state index in [4.69, 9.17) is 22.3 Å². The molecule has 0 bridgehead atoms. The van der Waals surface area contributed by atoms with E-state index in [1.165, 1.54) is 23.1 Å². The molecule has 1 atom stereocenters. The minimum atomic E-state index is -0.592. The molecule has 2 heterocycles. The number of nitrogens with zero attached hydrogens (tertiary/aromatic N) is 5. The Morgan fingerprint density at radius 1 is 1.32 bits per heavy atom. The van der Waals surface area contributed by atoms with Crippen molar-refractivity contribution < 1.29 is 14.0 Å². The minimum absolute atomic E-state index is 0.0396. The number of nitrogens with two attached hydrogens (primary N) is 1. The molecule has 2 amide bonds. The number of amidine groups is 1. The van der Waals surface area contributed by atoms with Crippen molar-refractivity contribution in [3.8, 4) is 11.3 Å². The minimum Gasteiger partial charge on any atom is -0.398 e. The summed E-state index contributed by atoms with van der Waals surface area (Å²) >= 11 is 6.78. The van der Waals surface area contributed by atoms with Crippen LogP contribution >= 0.6 is 11.6 Å². The Kier molecular flexibility index (Phi) is 10.1. The summed E-state index contributed by atoms with van der Waals surface area (Å²) in [6.45, 7) is 18.9. The maximum Gasteiger partial charge on any atom is 0.246 e. The van der Waals surface area contributed by atoms with Crippen molar-refractivity contribution in [3.05, 3.63) is 76.7 Å². The summed E-state index contributed by atoms with van der Waals surface area (Å²) in [5.41, 5.74) is 9.08. The molecule has 3 rings (SSSR count). The number of allylic oxidation sites excluding steroid dienone is 2. The quantitative estimate of drug-likeness (QED) is 0.108. The van der Waals surface area contributed by atoms with E-state index in [1.54, 1.807) is 24.1 Å². The van der Waals surface area contributed by atoms with E-state index in [1.807, 2.05) is 39.5 Å². The maximum atomic E-state index is 15.1. The molecule has 1 aliphatic heterocycles. The molecule has 41 heavy (non-hydrogen) atoms. The molecule has 0 spiro atoms. The van der Waals surface area contributed by atoms with Crippen LogP contribution in [-0.4, -0.2) is 65.7 Å². The van der Waals surface area contributed by atoms with Gasteiger partial charge < -0.3 is 15.5 Å². The van der Waals surface area contributed by atoms with E-state index < -0.39 is 5.82 Å². The van der Waals surface area contributed by atoms with Crippen LogP contribution in [0.2, 0.25) is 5.02 Å². The van der Waals surface area contributed by atoms with E-state index in [-0.39, 0.29) is 45.7 Å². The molecular formula is C31H38ClFN6O2. The van der Waals surface area contributed by atoms with Gasteiger partial charge >= 0.3 is 0 Å². The second-order valence-electron chi connectivity index (χ2n) is 10.4. The molecular weight excluding hydrogens is 543 g/mol. The summed E-state index contributed by atoms with van der Waals surface area (Å²) in [6, 6.07) is 5.85. The Hall–Kier alpha value is -3.98. The number of halogens is 2. The number of nitrogen functional groups attached to an aromatic ring is 1.